The largest absolute Gasteiger partial charge is 0.294 e. The maximum atomic E-state index is 12.0. The van der Waals surface area contributed by atoms with Crippen molar-refractivity contribution in [3.8, 4) is 0 Å². The van der Waals surface area contributed by atoms with Crippen molar-refractivity contribution in [2.24, 2.45) is 11.3 Å². The van der Waals surface area contributed by atoms with E-state index >= 15 is 0 Å². The average Bonchev–Trinajstić information content (AvgIpc) is 2.23. The van der Waals surface area contributed by atoms with E-state index in [1.807, 2.05) is 0 Å². The van der Waals surface area contributed by atoms with Gasteiger partial charge in [0.1, 0.15) is 0 Å². The number of carbonyl (C=O) groups excluding carboxylic acids is 1. The van der Waals surface area contributed by atoms with Gasteiger partial charge in [0.2, 0.25) is 0 Å². The standard InChI is InChI=1S/C19H28O/c1-11-9-15-10-18(5,6)14(4)19(7,8)17(15)12(2)16(11)13(3)20/h9,14H,10H2,1-8H3. The fourth-order valence-corrected chi connectivity index (χ4v) is 4.48. The highest BCUT2D eigenvalue weighted by Gasteiger charge is 2.45. The Morgan fingerprint density at radius 2 is 1.75 bits per heavy atom. The van der Waals surface area contributed by atoms with E-state index in [0.29, 0.717) is 11.3 Å². The first kappa shape index (κ1) is 15.3. The van der Waals surface area contributed by atoms with Crippen LogP contribution in [-0.2, 0) is 11.8 Å². The molecule has 1 aliphatic rings. The maximum absolute atomic E-state index is 12.0. The van der Waals surface area contributed by atoms with Gasteiger partial charge in [-0.1, -0.05) is 40.7 Å². The number of carbonyl (C=O) groups is 1. The molecule has 20 heavy (non-hydrogen) atoms. The van der Waals surface area contributed by atoms with Gasteiger partial charge < -0.3 is 0 Å². The van der Waals surface area contributed by atoms with Gasteiger partial charge in [-0.15, -0.1) is 0 Å². The quantitative estimate of drug-likeness (QED) is 0.657. The van der Waals surface area contributed by atoms with Crippen LogP contribution in [0.5, 0.6) is 0 Å². The molecule has 1 nitrogen and oxygen atoms in total. The normalized spacial score (nSPS) is 23.3. The minimum atomic E-state index is 0.110. The highest BCUT2D eigenvalue weighted by atomic mass is 16.1. The van der Waals surface area contributed by atoms with Crippen LogP contribution in [0.1, 0.15) is 74.2 Å². The fourth-order valence-electron chi connectivity index (χ4n) is 4.48. The molecule has 1 heteroatoms. The van der Waals surface area contributed by atoms with Crippen molar-refractivity contribution in [2.45, 2.75) is 67.2 Å². The summed E-state index contributed by atoms with van der Waals surface area (Å²) < 4.78 is 0. The van der Waals surface area contributed by atoms with Crippen LogP contribution in [-0.4, -0.2) is 5.78 Å². The van der Waals surface area contributed by atoms with E-state index in [1.54, 1.807) is 6.92 Å². The molecule has 0 aromatic heterocycles. The van der Waals surface area contributed by atoms with E-state index < -0.39 is 0 Å². The lowest BCUT2D eigenvalue weighted by molar-refractivity contribution is 0.101. The van der Waals surface area contributed by atoms with Crippen LogP contribution in [0.4, 0.5) is 0 Å². The third-order valence-electron chi connectivity index (χ3n) is 5.75. The highest BCUT2D eigenvalue weighted by Crippen LogP contribution is 2.51. The molecule has 0 fully saturated rings. The van der Waals surface area contributed by atoms with Crippen molar-refractivity contribution < 1.29 is 4.79 Å². The van der Waals surface area contributed by atoms with Gasteiger partial charge in [-0.05, 0) is 66.2 Å². The summed E-state index contributed by atoms with van der Waals surface area (Å²) in [5, 5.41) is 0. The zero-order valence-corrected chi connectivity index (χ0v) is 14.3. The van der Waals surface area contributed by atoms with Crippen LogP contribution in [0, 0.1) is 25.2 Å². The van der Waals surface area contributed by atoms with Crippen LogP contribution in [0.25, 0.3) is 0 Å². The number of benzene rings is 1. The van der Waals surface area contributed by atoms with Crippen molar-refractivity contribution in [1.82, 2.24) is 0 Å². The third kappa shape index (κ3) is 2.03. The van der Waals surface area contributed by atoms with Crippen LogP contribution >= 0.6 is 0 Å². The van der Waals surface area contributed by atoms with Crippen molar-refractivity contribution in [3.63, 3.8) is 0 Å². The minimum absolute atomic E-state index is 0.110. The number of hydrogen-bond donors (Lipinski definition) is 0. The summed E-state index contributed by atoms with van der Waals surface area (Å²) >= 11 is 0. The molecule has 0 radical (unpaired) electrons. The molecule has 1 aromatic carbocycles. The van der Waals surface area contributed by atoms with Gasteiger partial charge >= 0.3 is 0 Å². The number of Topliss-reactive ketones (excluding diaryl/α,β-unsaturated/α-hetero) is 1. The molecule has 2 rings (SSSR count). The second kappa shape index (κ2) is 4.44. The van der Waals surface area contributed by atoms with Gasteiger partial charge in [0.25, 0.3) is 0 Å². The number of ketones is 1. The van der Waals surface area contributed by atoms with Crippen molar-refractivity contribution in [2.75, 3.05) is 0 Å². The van der Waals surface area contributed by atoms with E-state index in [4.69, 9.17) is 0 Å². The highest BCUT2D eigenvalue weighted by molar-refractivity contribution is 5.97. The molecule has 1 aromatic rings. The molecule has 0 bridgehead atoms. The molecule has 0 saturated heterocycles. The number of fused-ring (bicyclic) bond motifs is 1. The summed E-state index contributed by atoms with van der Waals surface area (Å²) in [6.07, 6.45) is 1.10. The second-order valence-electron chi connectivity index (χ2n) is 7.89. The lowest BCUT2D eigenvalue weighted by atomic mass is 9.55. The molecule has 1 atom stereocenters. The molecule has 0 aliphatic heterocycles. The Hall–Kier alpha value is -1.11. The molecular formula is C19H28O. The van der Waals surface area contributed by atoms with Crippen LogP contribution in [0.3, 0.4) is 0 Å². The topological polar surface area (TPSA) is 17.1 Å². The first-order valence-electron chi connectivity index (χ1n) is 7.64. The molecule has 0 heterocycles. The van der Waals surface area contributed by atoms with E-state index in [1.165, 1.54) is 16.7 Å². The summed E-state index contributed by atoms with van der Waals surface area (Å²) in [6, 6.07) is 2.26. The number of hydrogen-bond acceptors (Lipinski definition) is 1. The summed E-state index contributed by atoms with van der Waals surface area (Å²) in [6.45, 7) is 17.7. The van der Waals surface area contributed by atoms with E-state index in [9.17, 15) is 4.79 Å². The van der Waals surface area contributed by atoms with Gasteiger partial charge in [0, 0.05) is 5.56 Å². The number of aryl methyl sites for hydroxylation is 1. The first-order valence-corrected chi connectivity index (χ1v) is 7.64. The first-order chi connectivity index (χ1) is 9.00. The Morgan fingerprint density at radius 1 is 1.20 bits per heavy atom. The smallest absolute Gasteiger partial charge is 0.160 e. The number of rotatable bonds is 1. The van der Waals surface area contributed by atoms with Gasteiger partial charge in [-0.2, -0.15) is 0 Å². The zero-order chi connectivity index (χ0) is 15.5. The Kier molecular flexibility index (Phi) is 3.40. The summed E-state index contributed by atoms with van der Waals surface area (Å²) in [7, 11) is 0. The minimum Gasteiger partial charge on any atom is -0.294 e. The molecule has 0 saturated carbocycles. The lowest BCUT2D eigenvalue weighted by Crippen LogP contribution is -2.44. The van der Waals surface area contributed by atoms with Crippen molar-refractivity contribution in [3.05, 3.63) is 33.9 Å². The molecular weight excluding hydrogens is 244 g/mol. The van der Waals surface area contributed by atoms with Gasteiger partial charge in [0.15, 0.2) is 5.78 Å². The van der Waals surface area contributed by atoms with Crippen molar-refractivity contribution >= 4 is 5.78 Å². The maximum Gasteiger partial charge on any atom is 0.160 e. The Labute approximate surface area is 123 Å². The SMILES string of the molecule is CC(=O)c1c(C)cc2c(c1C)C(C)(C)C(C)C(C)(C)C2. The van der Waals surface area contributed by atoms with Crippen LogP contribution < -0.4 is 0 Å². The predicted octanol–water partition coefficient (Wildman–Crippen LogP) is 5.00. The van der Waals surface area contributed by atoms with E-state index in [0.717, 1.165) is 17.5 Å². The molecule has 1 unspecified atom stereocenters. The second-order valence-corrected chi connectivity index (χ2v) is 7.89. The van der Waals surface area contributed by atoms with Gasteiger partial charge in [0.05, 0.1) is 0 Å². The Balaban J connectivity index is 2.81. The monoisotopic (exact) mass is 272 g/mol. The molecule has 0 spiro atoms. The molecule has 1 aliphatic carbocycles. The zero-order valence-electron chi connectivity index (χ0n) is 14.3. The van der Waals surface area contributed by atoms with E-state index in [-0.39, 0.29) is 11.2 Å². The predicted molar refractivity (Wildman–Crippen MR) is 85.6 cm³/mol. The van der Waals surface area contributed by atoms with E-state index in [2.05, 4.69) is 54.5 Å². The third-order valence-corrected chi connectivity index (χ3v) is 5.75. The summed E-state index contributed by atoms with van der Waals surface area (Å²) in [4.78, 5) is 12.0. The fraction of sp³-hybridized carbons (Fsp3) is 0.632. The van der Waals surface area contributed by atoms with Crippen LogP contribution in [0.2, 0.25) is 0 Å². The summed E-state index contributed by atoms with van der Waals surface area (Å²) in [5.74, 6) is 0.778. The molecule has 0 N–H and O–H groups in total. The Morgan fingerprint density at radius 3 is 2.25 bits per heavy atom. The Bertz CT molecular complexity index is 576. The molecule has 110 valence electrons. The lowest BCUT2D eigenvalue weighted by Gasteiger charge is -2.50. The van der Waals surface area contributed by atoms with Gasteiger partial charge in [-0.25, -0.2) is 0 Å². The molecule has 0 amide bonds. The van der Waals surface area contributed by atoms with Gasteiger partial charge in [-0.3, -0.25) is 4.79 Å². The summed E-state index contributed by atoms with van der Waals surface area (Å²) in [5.41, 5.74) is 6.54. The van der Waals surface area contributed by atoms with Crippen molar-refractivity contribution in [1.29, 1.82) is 0 Å². The van der Waals surface area contributed by atoms with Crippen LogP contribution in [0.15, 0.2) is 6.07 Å². The average molecular weight is 272 g/mol.